The highest BCUT2D eigenvalue weighted by Crippen LogP contribution is 2.28. The average Bonchev–Trinajstić information content (AvgIpc) is 2.68. The van der Waals surface area contributed by atoms with Crippen LogP contribution in [0, 0.1) is 11.8 Å². The highest BCUT2D eigenvalue weighted by atomic mass is 32.1. The number of thiophene rings is 1. The van der Waals surface area contributed by atoms with Gasteiger partial charge in [0.05, 0.1) is 12.0 Å². The van der Waals surface area contributed by atoms with E-state index in [1.54, 1.807) is 11.3 Å². The van der Waals surface area contributed by atoms with Gasteiger partial charge in [-0.3, -0.25) is 0 Å². The summed E-state index contributed by atoms with van der Waals surface area (Å²) in [5.74, 6) is 4.83. The van der Waals surface area contributed by atoms with Crippen molar-refractivity contribution in [1.82, 2.24) is 0 Å². The van der Waals surface area contributed by atoms with Gasteiger partial charge in [0, 0.05) is 10.8 Å². The Labute approximate surface area is 93.3 Å². The SMILES string of the molecule is COC(=O)C#Cc1cc2c(s1)CCCC2. The Morgan fingerprint density at radius 1 is 1.47 bits per heavy atom. The van der Waals surface area contributed by atoms with Gasteiger partial charge in [-0.2, -0.15) is 0 Å². The van der Waals surface area contributed by atoms with Gasteiger partial charge < -0.3 is 4.74 Å². The van der Waals surface area contributed by atoms with Crippen molar-refractivity contribution in [2.24, 2.45) is 0 Å². The molecule has 0 saturated heterocycles. The Balaban J connectivity index is 2.18. The number of hydrogen-bond donors (Lipinski definition) is 0. The molecule has 0 fully saturated rings. The maximum absolute atomic E-state index is 10.8. The second kappa shape index (κ2) is 4.50. The molecule has 0 atom stereocenters. The summed E-state index contributed by atoms with van der Waals surface area (Å²) in [5, 5.41) is 0. The minimum absolute atomic E-state index is 0.471. The lowest BCUT2D eigenvalue weighted by Gasteiger charge is -2.08. The highest BCUT2D eigenvalue weighted by Gasteiger charge is 2.12. The van der Waals surface area contributed by atoms with E-state index in [1.807, 2.05) is 0 Å². The molecular formula is C12H12O2S. The molecule has 78 valence electrons. The third-order valence-corrected chi connectivity index (χ3v) is 3.62. The lowest BCUT2D eigenvalue weighted by Crippen LogP contribution is -1.96. The third-order valence-electron chi connectivity index (χ3n) is 2.47. The Morgan fingerprint density at radius 3 is 3.00 bits per heavy atom. The molecule has 0 N–H and O–H groups in total. The summed E-state index contributed by atoms with van der Waals surface area (Å²) in [5.41, 5.74) is 1.42. The van der Waals surface area contributed by atoms with Gasteiger partial charge in [0.25, 0.3) is 0 Å². The van der Waals surface area contributed by atoms with E-state index in [0.717, 1.165) is 11.3 Å². The molecule has 0 radical (unpaired) electrons. The van der Waals surface area contributed by atoms with Crippen LogP contribution in [0.15, 0.2) is 6.07 Å². The number of aryl methyl sites for hydroxylation is 2. The number of carbonyl (C=O) groups excluding carboxylic acids is 1. The van der Waals surface area contributed by atoms with Crippen molar-refractivity contribution in [3.05, 3.63) is 21.4 Å². The first kappa shape index (κ1) is 10.3. The van der Waals surface area contributed by atoms with Crippen molar-refractivity contribution < 1.29 is 9.53 Å². The molecule has 0 spiro atoms. The number of methoxy groups -OCH3 is 1. The fourth-order valence-corrected chi connectivity index (χ4v) is 2.82. The van der Waals surface area contributed by atoms with Crippen molar-refractivity contribution in [1.29, 1.82) is 0 Å². The van der Waals surface area contributed by atoms with Crippen LogP contribution in [-0.2, 0) is 22.4 Å². The molecule has 1 aliphatic rings. The van der Waals surface area contributed by atoms with Crippen LogP contribution in [-0.4, -0.2) is 13.1 Å². The van der Waals surface area contributed by atoms with Crippen LogP contribution in [0.5, 0.6) is 0 Å². The number of ether oxygens (including phenoxy) is 1. The molecule has 0 aliphatic heterocycles. The lowest BCUT2D eigenvalue weighted by molar-refractivity contribution is -0.133. The van der Waals surface area contributed by atoms with Crippen LogP contribution in [0.4, 0.5) is 0 Å². The van der Waals surface area contributed by atoms with Gasteiger partial charge >= 0.3 is 5.97 Å². The van der Waals surface area contributed by atoms with Crippen LogP contribution in [0.1, 0.15) is 28.2 Å². The second-order valence-corrected chi connectivity index (χ2v) is 4.64. The molecule has 0 bridgehead atoms. The normalized spacial score (nSPS) is 13.7. The fraction of sp³-hybridized carbons (Fsp3) is 0.417. The first-order chi connectivity index (χ1) is 7.29. The van der Waals surface area contributed by atoms with Crippen LogP contribution in [0.2, 0.25) is 0 Å². The van der Waals surface area contributed by atoms with E-state index >= 15 is 0 Å². The van der Waals surface area contributed by atoms with Crippen LogP contribution in [0.3, 0.4) is 0 Å². The Hall–Kier alpha value is -1.27. The van der Waals surface area contributed by atoms with E-state index in [9.17, 15) is 4.79 Å². The molecular weight excluding hydrogens is 208 g/mol. The van der Waals surface area contributed by atoms with E-state index in [4.69, 9.17) is 0 Å². The zero-order valence-electron chi connectivity index (χ0n) is 8.63. The molecule has 0 saturated carbocycles. The molecule has 1 aromatic heterocycles. The Morgan fingerprint density at radius 2 is 2.27 bits per heavy atom. The van der Waals surface area contributed by atoms with Gasteiger partial charge in [-0.25, -0.2) is 4.79 Å². The van der Waals surface area contributed by atoms with Gasteiger partial charge in [-0.1, -0.05) is 0 Å². The maximum Gasteiger partial charge on any atom is 0.384 e. The molecule has 2 nitrogen and oxygen atoms in total. The molecule has 15 heavy (non-hydrogen) atoms. The van der Waals surface area contributed by atoms with E-state index < -0.39 is 5.97 Å². The van der Waals surface area contributed by atoms with Crippen LogP contribution < -0.4 is 0 Å². The van der Waals surface area contributed by atoms with Gasteiger partial charge in [-0.15, -0.1) is 11.3 Å². The van der Waals surface area contributed by atoms with Crippen LogP contribution >= 0.6 is 11.3 Å². The summed E-state index contributed by atoms with van der Waals surface area (Å²) < 4.78 is 4.47. The third kappa shape index (κ3) is 2.40. The van der Waals surface area contributed by atoms with Crippen molar-refractivity contribution in [2.75, 3.05) is 7.11 Å². The standard InChI is InChI=1S/C12H12O2S/c1-14-12(13)7-6-10-8-9-4-2-3-5-11(9)15-10/h8H,2-5H2,1H3. The average molecular weight is 220 g/mol. The topological polar surface area (TPSA) is 26.3 Å². The quantitative estimate of drug-likeness (QED) is 0.494. The second-order valence-electron chi connectivity index (χ2n) is 3.51. The molecule has 1 aliphatic carbocycles. The largest absolute Gasteiger partial charge is 0.459 e. The van der Waals surface area contributed by atoms with Crippen molar-refractivity contribution >= 4 is 17.3 Å². The van der Waals surface area contributed by atoms with Gasteiger partial charge in [-0.05, 0) is 43.2 Å². The highest BCUT2D eigenvalue weighted by molar-refractivity contribution is 7.12. The smallest absolute Gasteiger partial charge is 0.384 e. The summed E-state index contributed by atoms with van der Waals surface area (Å²) in [4.78, 5) is 13.3. The van der Waals surface area contributed by atoms with Crippen molar-refractivity contribution in [3.8, 4) is 11.8 Å². The summed E-state index contributed by atoms with van der Waals surface area (Å²) in [7, 11) is 1.34. The summed E-state index contributed by atoms with van der Waals surface area (Å²) >= 11 is 1.71. The van der Waals surface area contributed by atoms with Gasteiger partial charge in [0.1, 0.15) is 0 Å². The molecule has 0 unspecified atom stereocenters. The maximum atomic E-state index is 10.8. The minimum Gasteiger partial charge on any atom is -0.459 e. The predicted octanol–water partition coefficient (Wildman–Crippen LogP) is 2.15. The molecule has 0 amide bonds. The van der Waals surface area contributed by atoms with Crippen molar-refractivity contribution in [3.63, 3.8) is 0 Å². The zero-order valence-corrected chi connectivity index (χ0v) is 9.45. The number of fused-ring (bicyclic) bond motifs is 1. The number of rotatable bonds is 0. The zero-order chi connectivity index (χ0) is 10.7. The van der Waals surface area contributed by atoms with Crippen molar-refractivity contribution in [2.45, 2.75) is 25.7 Å². The Kier molecular flexibility index (Phi) is 3.08. The van der Waals surface area contributed by atoms with E-state index in [-0.39, 0.29) is 0 Å². The summed E-state index contributed by atoms with van der Waals surface area (Å²) in [6.07, 6.45) is 4.87. The molecule has 2 rings (SSSR count). The summed E-state index contributed by atoms with van der Waals surface area (Å²) in [6.45, 7) is 0. The summed E-state index contributed by atoms with van der Waals surface area (Å²) in [6, 6.07) is 2.11. The predicted molar refractivity (Wildman–Crippen MR) is 59.9 cm³/mol. The number of hydrogen-bond acceptors (Lipinski definition) is 3. The molecule has 3 heteroatoms. The monoisotopic (exact) mass is 220 g/mol. The lowest BCUT2D eigenvalue weighted by atomic mass is 9.99. The number of carbonyl (C=O) groups is 1. The Bertz CT molecular complexity index is 411. The fourth-order valence-electron chi connectivity index (χ4n) is 1.72. The van der Waals surface area contributed by atoms with E-state index in [2.05, 4.69) is 22.6 Å². The number of esters is 1. The molecule has 1 heterocycles. The minimum atomic E-state index is -0.471. The molecule has 0 aromatic carbocycles. The van der Waals surface area contributed by atoms with Gasteiger partial charge in [0.15, 0.2) is 0 Å². The van der Waals surface area contributed by atoms with Gasteiger partial charge in [0.2, 0.25) is 0 Å². The first-order valence-corrected chi connectivity index (χ1v) is 5.83. The first-order valence-electron chi connectivity index (χ1n) is 5.01. The van der Waals surface area contributed by atoms with Crippen LogP contribution in [0.25, 0.3) is 0 Å². The van der Waals surface area contributed by atoms with E-state index in [1.165, 1.54) is 36.8 Å². The molecule has 1 aromatic rings. The van der Waals surface area contributed by atoms with E-state index in [0.29, 0.717) is 0 Å².